The predicted octanol–water partition coefficient (Wildman–Crippen LogP) is 18.9. The van der Waals surface area contributed by atoms with Crippen molar-refractivity contribution < 1.29 is 18.9 Å². The molecule has 0 heterocycles. The molecule has 0 aliphatic heterocycles. The number of methoxy groups -OCH3 is 4. The van der Waals surface area contributed by atoms with Gasteiger partial charge in [-0.25, -0.2) is 0 Å². The van der Waals surface area contributed by atoms with Gasteiger partial charge in [-0.15, -0.1) is 0 Å². The zero-order valence-electron chi connectivity index (χ0n) is 38.7. The Morgan fingerprint density at radius 3 is 0.576 bits per heavy atom. The van der Waals surface area contributed by atoms with E-state index in [0.29, 0.717) is 0 Å². The number of alkyl halides is 8. The Kier molecular flexibility index (Phi) is 16.1. The Morgan fingerprint density at radius 2 is 0.439 bits per heavy atom. The Balaban J connectivity index is 0.000000652. The van der Waals surface area contributed by atoms with Gasteiger partial charge in [0.05, 0.1) is 28.4 Å². The average molecular weight is 1050 g/mol. The largest absolute Gasteiger partial charge is 0.497 e. The number of hydrogen-bond acceptors (Lipinski definition) is 4. The van der Waals surface area contributed by atoms with Gasteiger partial charge in [-0.2, -0.15) is 0 Å². The van der Waals surface area contributed by atoms with E-state index in [1.165, 1.54) is 121 Å². The third-order valence-corrected chi connectivity index (χ3v) is 11.9. The van der Waals surface area contributed by atoms with Crippen LogP contribution in [0.15, 0.2) is 84.9 Å². The molecule has 0 saturated heterocycles. The standard InChI is InChI=1S/C52H50O4.2CCl4/c1-27-17-35(53-9)18-28(2)47(27)43-25-44(48-29(3)19-36(54-10)20-30(48)4)40-15-16-42-46(50-33(7)23-38(56-12)24-34(50)8)26-45(41-14-13-39(43)51(40)52(41)42)49-31(5)21-37(55-11)22-32(49)6;2*2-1(3,4)5/h13-26H,1-12H3;;. The zero-order valence-corrected chi connectivity index (χ0v) is 44.8. The lowest BCUT2D eigenvalue weighted by Gasteiger charge is -2.25. The average Bonchev–Trinajstić information content (AvgIpc) is 3.21. The highest BCUT2D eigenvalue weighted by Gasteiger charge is 2.25. The van der Waals surface area contributed by atoms with Crippen LogP contribution in [0.25, 0.3) is 76.8 Å². The van der Waals surface area contributed by atoms with Crippen LogP contribution in [0.4, 0.5) is 0 Å². The van der Waals surface area contributed by atoms with Crippen molar-refractivity contribution in [2.75, 3.05) is 28.4 Å². The fraction of sp³-hybridized carbons (Fsp3) is 0.259. The van der Waals surface area contributed by atoms with Crippen LogP contribution in [0, 0.1) is 55.4 Å². The third-order valence-electron chi connectivity index (χ3n) is 11.9. The number of halogens is 8. The van der Waals surface area contributed by atoms with Gasteiger partial charge in [0.2, 0.25) is 0 Å². The van der Waals surface area contributed by atoms with E-state index in [1.807, 2.05) is 0 Å². The van der Waals surface area contributed by atoms with Gasteiger partial charge in [-0.05, 0) is 237 Å². The van der Waals surface area contributed by atoms with E-state index in [1.54, 1.807) is 28.4 Å². The van der Waals surface area contributed by atoms with Crippen LogP contribution in [-0.2, 0) is 0 Å². The van der Waals surface area contributed by atoms with Crippen molar-refractivity contribution in [3.05, 3.63) is 129 Å². The van der Waals surface area contributed by atoms with Crippen molar-refractivity contribution in [3.8, 4) is 67.5 Å². The molecule has 4 nitrogen and oxygen atoms in total. The van der Waals surface area contributed by atoms with Crippen LogP contribution in [0.3, 0.4) is 0 Å². The highest BCUT2D eigenvalue weighted by atomic mass is 35.6. The van der Waals surface area contributed by atoms with Gasteiger partial charge in [0.15, 0.2) is 0 Å². The molecule has 8 aromatic rings. The number of aryl methyl sites for hydroxylation is 8. The summed E-state index contributed by atoms with van der Waals surface area (Å²) in [5.74, 6) is 3.48. The summed E-state index contributed by atoms with van der Waals surface area (Å²) in [7, 11) is 6.96. The fourth-order valence-electron chi connectivity index (χ4n) is 9.69. The first-order valence-corrected chi connectivity index (χ1v) is 23.8. The van der Waals surface area contributed by atoms with Crippen LogP contribution in [0.2, 0.25) is 0 Å². The molecule has 0 atom stereocenters. The second-order valence-electron chi connectivity index (χ2n) is 16.4. The van der Waals surface area contributed by atoms with Gasteiger partial charge < -0.3 is 18.9 Å². The molecule has 0 bridgehead atoms. The molecule has 8 rings (SSSR count). The SMILES string of the molecule is COc1cc(C)c(-c2cc(-c3c(C)cc(OC)cc3C)c3ccc4c(-c5c(C)cc(OC)cc5C)cc(-c5c(C)cc(OC)cc5C)c5ccc2c3c54)c(C)c1.ClC(Cl)(Cl)Cl.ClC(Cl)(Cl)Cl. The lowest BCUT2D eigenvalue weighted by Crippen LogP contribution is -2.00. The van der Waals surface area contributed by atoms with Gasteiger partial charge in [0, 0.05) is 0 Å². The highest BCUT2D eigenvalue weighted by Crippen LogP contribution is 2.52. The molecule has 0 unspecified atom stereocenters. The number of ether oxygens (including phenoxy) is 4. The van der Waals surface area contributed by atoms with Crippen molar-refractivity contribution in [2.24, 2.45) is 0 Å². The van der Waals surface area contributed by atoms with Gasteiger partial charge in [0.1, 0.15) is 23.0 Å². The normalized spacial score (nSPS) is 11.6. The van der Waals surface area contributed by atoms with E-state index < -0.39 is 6.50 Å². The van der Waals surface area contributed by atoms with E-state index in [-0.39, 0.29) is 0 Å². The number of hydrogen-bond donors (Lipinski definition) is 0. The zero-order chi connectivity index (χ0) is 48.7. The molecule has 0 aliphatic carbocycles. The molecule has 0 amide bonds. The van der Waals surface area contributed by atoms with E-state index in [4.69, 9.17) is 112 Å². The van der Waals surface area contributed by atoms with Crippen LogP contribution < -0.4 is 18.9 Å². The van der Waals surface area contributed by atoms with E-state index in [9.17, 15) is 0 Å². The molecule has 0 radical (unpaired) electrons. The van der Waals surface area contributed by atoms with Crippen molar-refractivity contribution in [2.45, 2.75) is 61.9 Å². The summed E-state index contributed by atoms with van der Waals surface area (Å²) in [5, 5.41) is 7.47. The van der Waals surface area contributed by atoms with Crippen molar-refractivity contribution in [1.82, 2.24) is 0 Å². The first kappa shape index (κ1) is 51.7. The third kappa shape index (κ3) is 11.1. The molecule has 12 heteroatoms. The molecule has 346 valence electrons. The summed E-state index contributed by atoms with van der Waals surface area (Å²) >= 11 is 38.6. The molecule has 0 fully saturated rings. The molecule has 0 spiro atoms. The molecule has 0 N–H and O–H groups in total. The smallest absolute Gasteiger partial charge is 0.266 e. The topological polar surface area (TPSA) is 36.9 Å². The van der Waals surface area contributed by atoms with E-state index in [2.05, 4.69) is 140 Å². The monoisotopic (exact) mass is 1040 g/mol. The summed E-state index contributed by atoms with van der Waals surface area (Å²) in [5.41, 5.74) is 19.3. The molecule has 0 aromatic heterocycles. The van der Waals surface area contributed by atoms with E-state index in [0.717, 1.165) is 23.0 Å². The Bertz CT molecular complexity index is 2610. The minimum Gasteiger partial charge on any atom is -0.497 e. The van der Waals surface area contributed by atoms with Gasteiger partial charge in [-0.3, -0.25) is 0 Å². The number of benzene rings is 8. The maximum absolute atomic E-state index is 5.74. The Morgan fingerprint density at radius 1 is 0.288 bits per heavy atom. The minimum atomic E-state index is -1.61. The maximum atomic E-state index is 5.74. The van der Waals surface area contributed by atoms with Gasteiger partial charge in [0.25, 0.3) is 6.50 Å². The predicted molar refractivity (Wildman–Crippen MR) is 288 cm³/mol. The summed E-state index contributed by atoms with van der Waals surface area (Å²) in [4.78, 5) is 0. The Labute approximate surface area is 428 Å². The van der Waals surface area contributed by atoms with Crippen LogP contribution in [-0.4, -0.2) is 34.9 Å². The first-order chi connectivity index (χ1) is 30.9. The fourth-order valence-corrected chi connectivity index (χ4v) is 9.69. The molecule has 66 heavy (non-hydrogen) atoms. The van der Waals surface area contributed by atoms with Gasteiger partial charge >= 0.3 is 0 Å². The van der Waals surface area contributed by atoms with E-state index >= 15 is 0 Å². The second kappa shape index (κ2) is 20.5. The summed E-state index contributed by atoms with van der Waals surface area (Å²) < 4.78 is 19.8. The Hall–Kier alpha value is -3.68. The number of rotatable bonds is 8. The van der Waals surface area contributed by atoms with Crippen molar-refractivity contribution in [1.29, 1.82) is 0 Å². The van der Waals surface area contributed by atoms with Crippen LogP contribution >= 0.6 is 92.8 Å². The highest BCUT2D eigenvalue weighted by molar-refractivity contribution is 6.84. The summed E-state index contributed by atoms with van der Waals surface area (Å²) in [6, 6.07) is 31.6. The van der Waals surface area contributed by atoms with Crippen molar-refractivity contribution in [3.63, 3.8) is 0 Å². The molecular weight excluding hydrogens is 996 g/mol. The molecule has 0 aliphatic rings. The van der Waals surface area contributed by atoms with Crippen LogP contribution in [0.5, 0.6) is 23.0 Å². The quantitative estimate of drug-likeness (QED) is 0.112. The minimum absolute atomic E-state index is 0.869. The van der Waals surface area contributed by atoms with Crippen LogP contribution in [0.1, 0.15) is 44.5 Å². The lowest BCUT2D eigenvalue weighted by molar-refractivity contribution is 0.414. The maximum Gasteiger partial charge on any atom is 0.266 e. The molecule has 0 saturated carbocycles. The summed E-state index contributed by atoms with van der Waals surface area (Å²) in [6.45, 7) is 17.6. The molecular formula is C54H50Cl8O4. The lowest BCUT2D eigenvalue weighted by atomic mass is 9.79. The van der Waals surface area contributed by atoms with Gasteiger partial charge in [-0.1, -0.05) is 117 Å². The summed E-state index contributed by atoms with van der Waals surface area (Å²) in [6.07, 6.45) is 0. The van der Waals surface area contributed by atoms with Crippen molar-refractivity contribution >= 4 is 125 Å². The first-order valence-electron chi connectivity index (χ1n) is 20.8. The second-order valence-corrected chi connectivity index (χ2v) is 23.3. The molecule has 8 aromatic carbocycles.